The molecule has 0 spiro atoms. The van der Waals surface area contributed by atoms with Crippen LogP contribution >= 0.6 is 0 Å². The van der Waals surface area contributed by atoms with Crippen LogP contribution in [-0.2, 0) is 0 Å². The monoisotopic (exact) mass is 373 g/mol. The molecule has 1 aromatic carbocycles. The molecule has 5 rings (SSSR count). The molecule has 4 heterocycles. The molecule has 3 aromatic heterocycles. The predicted molar refractivity (Wildman–Crippen MR) is 101 cm³/mol. The first-order valence-corrected chi connectivity index (χ1v) is 8.79. The van der Waals surface area contributed by atoms with Crippen molar-refractivity contribution in [3.63, 3.8) is 0 Å². The zero-order valence-electron chi connectivity index (χ0n) is 15.2. The molecule has 7 nitrogen and oxygen atoms in total. The molecule has 7 heteroatoms. The molecule has 1 amide bonds. The van der Waals surface area contributed by atoms with Gasteiger partial charge in [0.15, 0.2) is 11.2 Å². The Labute approximate surface area is 159 Å². The molecule has 0 fully saturated rings. The number of benzene rings is 1. The van der Waals surface area contributed by atoms with Crippen molar-refractivity contribution < 1.29 is 13.7 Å². The number of nitrogens with zero attached hydrogens (tertiary/aromatic N) is 3. The normalized spacial score (nSPS) is 16.0. The molecule has 0 aliphatic carbocycles. The minimum atomic E-state index is -0.670. The van der Waals surface area contributed by atoms with Gasteiger partial charge in [-0.05, 0) is 43.7 Å². The van der Waals surface area contributed by atoms with Gasteiger partial charge in [-0.1, -0.05) is 16.8 Å². The van der Waals surface area contributed by atoms with E-state index in [4.69, 9.17) is 8.94 Å². The molecule has 0 N–H and O–H groups in total. The van der Waals surface area contributed by atoms with Crippen molar-refractivity contribution >= 4 is 22.7 Å². The second-order valence-electron chi connectivity index (χ2n) is 6.83. The Bertz CT molecular complexity index is 1290. The summed E-state index contributed by atoms with van der Waals surface area (Å²) in [6, 6.07) is 9.86. The molecule has 0 bridgehead atoms. The molecule has 138 valence electrons. The second-order valence-corrected chi connectivity index (χ2v) is 6.83. The number of fused-ring (bicyclic) bond motifs is 2. The Hall–Kier alpha value is -3.74. The van der Waals surface area contributed by atoms with Gasteiger partial charge in [-0.3, -0.25) is 19.5 Å². The predicted octanol–water partition coefficient (Wildman–Crippen LogP) is 3.54. The third kappa shape index (κ3) is 2.29. The highest BCUT2D eigenvalue weighted by Crippen LogP contribution is 2.40. The summed E-state index contributed by atoms with van der Waals surface area (Å²) in [6.07, 6.45) is 3.24. The van der Waals surface area contributed by atoms with Crippen molar-refractivity contribution in [2.45, 2.75) is 19.9 Å². The maximum atomic E-state index is 13.4. The van der Waals surface area contributed by atoms with Gasteiger partial charge in [-0.25, -0.2) is 0 Å². The molecule has 1 atom stereocenters. The molecule has 28 heavy (non-hydrogen) atoms. The van der Waals surface area contributed by atoms with Gasteiger partial charge in [0.25, 0.3) is 5.91 Å². The van der Waals surface area contributed by atoms with Crippen molar-refractivity contribution in [3.05, 3.63) is 87.2 Å². The largest absolute Gasteiger partial charge is 0.450 e. The van der Waals surface area contributed by atoms with Gasteiger partial charge in [0.05, 0.1) is 17.0 Å². The van der Waals surface area contributed by atoms with Gasteiger partial charge in [-0.15, -0.1) is 0 Å². The molecule has 1 aliphatic rings. The molecule has 4 aromatic rings. The average molecular weight is 373 g/mol. The third-order valence-electron chi connectivity index (χ3n) is 4.91. The number of carbonyl (C=O) groups excluding carboxylic acids is 1. The summed E-state index contributed by atoms with van der Waals surface area (Å²) in [5, 5.41) is 4.44. The lowest BCUT2D eigenvalue weighted by Crippen LogP contribution is -2.29. The minimum Gasteiger partial charge on any atom is -0.450 e. The first kappa shape index (κ1) is 16.4. The van der Waals surface area contributed by atoms with E-state index in [1.54, 1.807) is 49.6 Å². The zero-order chi connectivity index (χ0) is 19.4. The van der Waals surface area contributed by atoms with Crippen molar-refractivity contribution in [2.24, 2.45) is 0 Å². The number of hydrogen-bond donors (Lipinski definition) is 0. The van der Waals surface area contributed by atoms with Crippen molar-refractivity contribution in [1.82, 2.24) is 10.1 Å². The Morgan fingerprint density at radius 2 is 1.82 bits per heavy atom. The lowest BCUT2D eigenvalue weighted by atomic mass is 9.99. The van der Waals surface area contributed by atoms with E-state index in [0.717, 1.165) is 11.1 Å². The molecule has 0 radical (unpaired) electrons. The van der Waals surface area contributed by atoms with Gasteiger partial charge >= 0.3 is 0 Å². The van der Waals surface area contributed by atoms with Crippen LogP contribution in [0.25, 0.3) is 11.0 Å². The zero-order valence-corrected chi connectivity index (χ0v) is 15.2. The van der Waals surface area contributed by atoms with Crippen molar-refractivity contribution in [3.8, 4) is 0 Å². The fraction of sp³-hybridized carbons (Fsp3) is 0.143. The van der Waals surface area contributed by atoms with Crippen LogP contribution in [-0.4, -0.2) is 16.0 Å². The van der Waals surface area contributed by atoms with E-state index < -0.39 is 11.9 Å². The standard InChI is InChI=1S/C21H15N3O4/c1-11-3-4-15-14(9-11)19(25)17-18(13-5-7-22-8-6-13)24(21(26)20(17)27-15)16-10-12(2)28-23-16/h3-10,18H,1-2H3. The molecule has 1 aliphatic heterocycles. The van der Waals surface area contributed by atoms with Crippen LogP contribution < -0.4 is 10.3 Å². The van der Waals surface area contributed by atoms with Gasteiger partial charge < -0.3 is 8.94 Å². The summed E-state index contributed by atoms with van der Waals surface area (Å²) in [5.41, 5.74) is 2.14. The number of aromatic nitrogens is 2. The summed E-state index contributed by atoms with van der Waals surface area (Å²) in [7, 11) is 0. The maximum absolute atomic E-state index is 13.4. The smallest absolute Gasteiger partial charge is 0.296 e. The Kier molecular flexibility index (Phi) is 3.45. The fourth-order valence-corrected chi connectivity index (χ4v) is 3.65. The van der Waals surface area contributed by atoms with Crippen LogP contribution in [0.4, 0.5) is 5.82 Å². The molecule has 0 saturated heterocycles. The summed E-state index contributed by atoms with van der Waals surface area (Å²) in [5.74, 6) is 0.496. The Balaban J connectivity index is 1.84. The number of rotatable bonds is 2. The average Bonchev–Trinajstić information content (AvgIpc) is 3.24. The van der Waals surface area contributed by atoms with E-state index in [2.05, 4.69) is 10.1 Å². The maximum Gasteiger partial charge on any atom is 0.296 e. The van der Waals surface area contributed by atoms with Crippen LogP contribution in [0.3, 0.4) is 0 Å². The lowest BCUT2D eigenvalue weighted by Gasteiger charge is -2.22. The van der Waals surface area contributed by atoms with E-state index in [-0.39, 0.29) is 11.2 Å². The minimum absolute atomic E-state index is 0.0313. The molecular formula is C21H15N3O4. The summed E-state index contributed by atoms with van der Waals surface area (Å²) in [6.45, 7) is 3.65. The van der Waals surface area contributed by atoms with Gasteiger partial charge in [-0.2, -0.15) is 0 Å². The van der Waals surface area contributed by atoms with Crippen LogP contribution in [0.5, 0.6) is 0 Å². The SMILES string of the molecule is Cc1ccc2oc3c(c(=O)c2c1)C(c1ccncc1)N(c1cc(C)on1)C3=O. The van der Waals surface area contributed by atoms with Crippen LogP contribution in [0.2, 0.25) is 0 Å². The van der Waals surface area contributed by atoms with Gasteiger partial charge in [0, 0.05) is 18.5 Å². The van der Waals surface area contributed by atoms with Crippen molar-refractivity contribution in [2.75, 3.05) is 4.90 Å². The Morgan fingerprint density at radius 3 is 2.54 bits per heavy atom. The van der Waals surface area contributed by atoms with E-state index in [9.17, 15) is 9.59 Å². The molecular weight excluding hydrogens is 358 g/mol. The van der Waals surface area contributed by atoms with Crippen LogP contribution in [0.15, 0.2) is 62.5 Å². The van der Waals surface area contributed by atoms with E-state index in [1.807, 2.05) is 13.0 Å². The number of aryl methyl sites for hydroxylation is 2. The lowest BCUT2D eigenvalue weighted by molar-refractivity contribution is 0.0969. The number of amides is 1. The summed E-state index contributed by atoms with van der Waals surface area (Å²) < 4.78 is 11.1. The molecule has 0 saturated carbocycles. The summed E-state index contributed by atoms with van der Waals surface area (Å²) in [4.78, 5) is 32.1. The number of pyridine rings is 1. The van der Waals surface area contributed by atoms with Crippen LogP contribution in [0, 0.1) is 13.8 Å². The van der Waals surface area contributed by atoms with E-state index >= 15 is 0 Å². The number of anilines is 1. The van der Waals surface area contributed by atoms with Crippen LogP contribution in [0.1, 0.15) is 39.0 Å². The first-order valence-electron chi connectivity index (χ1n) is 8.79. The third-order valence-corrected chi connectivity index (χ3v) is 4.91. The van der Waals surface area contributed by atoms with Crippen molar-refractivity contribution in [1.29, 1.82) is 0 Å². The number of carbonyl (C=O) groups is 1. The second kappa shape index (κ2) is 5.88. The summed E-state index contributed by atoms with van der Waals surface area (Å²) >= 11 is 0. The quantitative estimate of drug-likeness (QED) is 0.534. The van der Waals surface area contributed by atoms with E-state index in [0.29, 0.717) is 28.1 Å². The van der Waals surface area contributed by atoms with Gasteiger partial charge in [0.1, 0.15) is 11.3 Å². The Morgan fingerprint density at radius 1 is 1.04 bits per heavy atom. The first-order chi connectivity index (χ1) is 13.5. The highest BCUT2D eigenvalue weighted by Gasteiger charge is 2.44. The molecule has 1 unspecified atom stereocenters. The van der Waals surface area contributed by atoms with Gasteiger partial charge in [0.2, 0.25) is 5.76 Å². The van der Waals surface area contributed by atoms with E-state index in [1.165, 1.54) is 4.90 Å². The number of hydrogen-bond acceptors (Lipinski definition) is 6. The highest BCUT2D eigenvalue weighted by molar-refractivity contribution is 6.10. The fourth-order valence-electron chi connectivity index (χ4n) is 3.65. The highest BCUT2D eigenvalue weighted by atomic mass is 16.5. The topological polar surface area (TPSA) is 89.4 Å².